The third-order valence-corrected chi connectivity index (χ3v) is 5.81. The van der Waals surface area contributed by atoms with Crippen LogP contribution in [-0.4, -0.2) is 24.2 Å². The van der Waals surface area contributed by atoms with Crippen LogP contribution in [0.25, 0.3) is 10.4 Å². The molecule has 5 heteroatoms. The molecule has 0 saturated heterocycles. The van der Waals surface area contributed by atoms with Crippen LogP contribution in [0.3, 0.4) is 0 Å². The molecule has 1 aromatic carbocycles. The zero-order valence-electron chi connectivity index (χ0n) is 13.8. The number of nitrogens with one attached hydrogen (secondary N) is 1. The number of benzene rings is 1. The summed E-state index contributed by atoms with van der Waals surface area (Å²) < 4.78 is 5.19. The molecular weight excluding hydrogens is 322 g/mol. The van der Waals surface area contributed by atoms with Crippen molar-refractivity contribution in [1.29, 1.82) is 0 Å². The van der Waals surface area contributed by atoms with Crippen molar-refractivity contribution in [1.82, 2.24) is 5.32 Å². The van der Waals surface area contributed by atoms with Crippen LogP contribution in [0, 0.1) is 5.92 Å². The van der Waals surface area contributed by atoms with E-state index in [9.17, 15) is 4.79 Å². The molecule has 24 heavy (non-hydrogen) atoms. The zero-order chi connectivity index (χ0) is 16.9. The van der Waals surface area contributed by atoms with Gasteiger partial charge in [-0.15, -0.1) is 11.3 Å². The van der Waals surface area contributed by atoms with E-state index < -0.39 is 5.97 Å². The molecule has 0 aliphatic heterocycles. The van der Waals surface area contributed by atoms with E-state index in [1.165, 1.54) is 15.3 Å². The third-order valence-electron chi connectivity index (χ3n) is 4.68. The summed E-state index contributed by atoms with van der Waals surface area (Å²) in [4.78, 5) is 13.6. The molecule has 1 saturated carbocycles. The SMILES string of the molecule is COc1ccc(-c2ccc(CNC3CCC(C(=O)O)CC3)s2)cc1. The number of carboxylic acid groups (broad SMARTS) is 1. The highest BCUT2D eigenvalue weighted by molar-refractivity contribution is 7.15. The van der Waals surface area contributed by atoms with Crippen molar-refractivity contribution < 1.29 is 14.6 Å². The number of ether oxygens (including phenoxy) is 1. The summed E-state index contributed by atoms with van der Waals surface area (Å²) in [6, 6.07) is 12.9. The monoisotopic (exact) mass is 345 g/mol. The van der Waals surface area contributed by atoms with Gasteiger partial charge in [-0.25, -0.2) is 0 Å². The Morgan fingerprint density at radius 2 is 1.88 bits per heavy atom. The first-order valence-corrected chi connectivity index (χ1v) is 9.16. The maximum absolute atomic E-state index is 11.0. The lowest BCUT2D eigenvalue weighted by atomic mass is 9.86. The fraction of sp³-hybridized carbons (Fsp3) is 0.421. The molecule has 128 valence electrons. The maximum atomic E-state index is 11.0. The molecule has 1 fully saturated rings. The molecule has 2 N–H and O–H groups in total. The van der Waals surface area contributed by atoms with Gasteiger partial charge in [0.05, 0.1) is 13.0 Å². The lowest BCUT2D eigenvalue weighted by Crippen LogP contribution is -2.34. The fourth-order valence-corrected chi connectivity index (χ4v) is 4.14. The third kappa shape index (κ3) is 4.16. The number of rotatable bonds is 6. The van der Waals surface area contributed by atoms with Crippen LogP contribution in [0.5, 0.6) is 5.75 Å². The minimum absolute atomic E-state index is 0.147. The molecule has 0 spiro atoms. The molecule has 0 radical (unpaired) electrons. The van der Waals surface area contributed by atoms with Crippen LogP contribution in [0.1, 0.15) is 30.6 Å². The highest BCUT2D eigenvalue weighted by atomic mass is 32.1. The van der Waals surface area contributed by atoms with Crippen LogP contribution in [-0.2, 0) is 11.3 Å². The summed E-state index contributed by atoms with van der Waals surface area (Å²) in [5.74, 6) is 0.0801. The molecule has 0 atom stereocenters. The van der Waals surface area contributed by atoms with Gasteiger partial charge in [-0.3, -0.25) is 4.79 Å². The van der Waals surface area contributed by atoms with E-state index in [1.807, 2.05) is 12.1 Å². The van der Waals surface area contributed by atoms with Gasteiger partial charge in [-0.2, -0.15) is 0 Å². The normalized spacial score (nSPS) is 20.7. The largest absolute Gasteiger partial charge is 0.497 e. The lowest BCUT2D eigenvalue weighted by molar-refractivity contribution is -0.142. The number of methoxy groups -OCH3 is 1. The Morgan fingerprint density at radius 1 is 1.17 bits per heavy atom. The minimum Gasteiger partial charge on any atom is -0.497 e. The fourth-order valence-electron chi connectivity index (χ4n) is 3.17. The van der Waals surface area contributed by atoms with Crippen molar-refractivity contribution in [2.75, 3.05) is 7.11 Å². The van der Waals surface area contributed by atoms with Crippen LogP contribution in [0.15, 0.2) is 36.4 Å². The summed E-state index contributed by atoms with van der Waals surface area (Å²) in [5.41, 5.74) is 1.20. The van der Waals surface area contributed by atoms with Crippen LogP contribution >= 0.6 is 11.3 Å². The Morgan fingerprint density at radius 3 is 2.50 bits per heavy atom. The number of aliphatic carboxylic acids is 1. The zero-order valence-corrected chi connectivity index (χ0v) is 14.6. The average Bonchev–Trinajstić information content (AvgIpc) is 3.09. The predicted molar refractivity (Wildman–Crippen MR) is 96.5 cm³/mol. The summed E-state index contributed by atoms with van der Waals surface area (Å²) in [6.07, 6.45) is 3.48. The van der Waals surface area contributed by atoms with E-state index in [4.69, 9.17) is 9.84 Å². The lowest BCUT2D eigenvalue weighted by Gasteiger charge is -2.26. The van der Waals surface area contributed by atoms with Crippen molar-refractivity contribution in [2.24, 2.45) is 5.92 Å². The first-order chi connectivity index (χ1) is 11.7. The Hall–Kier alpha value is -1.85. The summed E-state index contributed by atoms with van der Waals surface area (Å²) in [6.45, 7) is 0.850. The van der Waals surface area contributed by atoms with Crippen molar-refractivity contribution >= 4 is 17.3 Å². The second-order valence-corrected chi connectivity index (χ2v) is 7.43. The molecule has 1 heterocycles. The smallest absolute Gasteiger partial charge is 0.306 e. The van der Waals surface area contributed by atoms with Gasteiger partial charge in [0.25, 0.3) is 0 Å². The molecular formula is C19H23NO3S. The molecule has 4 nitrogen and oxygen atoms in total. The number of thiophene rings is 1. The number of hydrogen-bond acceptors (Lipinski definition) is 4. The molecule has 1 aliphatic rings. The van der Waals surface area contributed by atoms with Gasteiger partial charge in [-0.1, -0.05) is 0 Å². The Kier molecular flexibility index (Phi) is 5.53. The molecule has 1 aromatic heterocycles. The highest BCUT2D eigenvalue weighted by Crippen LogP contribution is 2.30. The van der Waals surface area contributed by atoms with Crippen LogP contribution in [0.2, 0.25) is 0 Å². The second-order valence-electron chi connectivity index (χ2n) is 6.26. The van der Waals surface area contributed by atoms with Crippen molar-refractivity contribution in [3.63, 3.8) is 0 Å². The van der Waals surface area contributed by atoms with Gasteiger partial charge in [-0.05, 0) is 67.6 Å². The van der Waals surface area contributed by atoms with Crippen molar-refractivity contribution in [3.8, 4) is 16.2 Å². The number of carboxylic acids is 1. The average molecular weight is 345 g/mol. The van der Waals surface area contributed by atoms with E-state index in [0.29, 0.717) is 6.04 Å². The Labute approximate surface area is 146 Å². The van der Waals surface area contributed by atoms with Crippen molar-refractivity contribution in [2.45, 2.75) is 38.3 Å². The predicted octanol–water partition coefficient (Wildman–Crippen LogP) is 4.16. The second kappa shape index (κ2) is 7.81. The van der Waals surface area contributed by atoms with Gasteiger partial charge in [0.1, 0.15) is 5.75 Å². The molecule has 2 aromatic rings. The van der Waals surface area contributed by atoms with Gasteiger partial charge < -0.3 is 15.2 Å². The molecule has 0 amide bonds. The first-order valence-electron chi connectivity index (χ1n) is 8.35. The van der Waals surface area contributed by atoms with E-state index >= 15 is 0 Å². The highest BCUT2D eigenvalue weighted by Gasteiger charge is 2.25. The van der Waals surface area contributed by atoms with E-state index in [-0.39, 0.29) is 5.92 Å². The Balaban J connectivity index is 1.52. The molecule has 0 unspecified atom stereocenters. The van der Waals surface area contributed by atoms with Crippen LogP contribution in [0.4, 0.5) is 0 Å². The van der Waals surface area contributed by atoms with Gasteiger partial charge in [0.2, 0.25) is 0 Å². The summed E-state index contributed by atoms with van der Waals surface area (Å²) in [7, 11) is 1.67. The summed E-state index contributed by atoms with van der Waals surface area (Å²) >= 11 is 1.80. The van der Waals surface area contributed by atoms with E-state index in [0.717, 1.165) is 38.0 Å². The van der Waals surface area contributed by atoms with E-state index in [2.05, 4.69) is 29.6 Å². The quantitative estimate of drug-likeness (QED) is 0.825. The Bertz CT molecular complexity index is 672. The van der Waals surface area contributed by atoms with Crippen LogP contribution < -0.4 is 10.1 Å². The molecule has 3 rings (SSSR count). The first kappa shape index (κ1) is 17.0. The molecule has 0 bridgehead atoms. The van der Waals surface area contributed by atoms with Crippen molar-refractivity contribution in [3.05, 3.63) is 41.3 Å². The molecule has 1 aliphatic carbocycles. The standard InChI is InChI=1S/C19H23NO3S/c1-23-16-8-4-13(5-9-16)18-11-10-17(24-18)12-20-15-6-2-14(3-7-15)19(21)22/h4-5,8-11,14-15,20H,2-3,6-7,12H2,1H3,(H,21,22). The number of hydrogen-bond donors (Lipinski definition) is 2. The van der Waals surface area contributed by atoms with Gasteiger partial charge in [0, 0.05) is 22.3 Å². The number of carbonyl (C=O) groups is 1. The maximum Gasteiger partial charge on any atom is 0.306 e. The summed E-state index contributed by atoms with van der Waals surface area (Å²) in [5, 5.41) is 12.6. The van der Waals surface area contributed by atoms with E-state index in [1.54, 1.807) is 18.4 Å². The topological polar surface area (TPSA) is 58.6 Å². The van der Waals surface area contributed by atoms with Gasteiger partial charge in [0.15, 0.2) is 0 Å². The minimum atomic E-state index is -0.643. The van der Waals surface area contributed by atoms with Gasteiger partial charge >= 0.3 is 5.97 Å².